The van der Waals surface area contributed by atoms with Crippen molar-refractivity contribution in [3.05, 3.63) is 60.8 Å². The van der Waals surface area contributed by atoms with Crippen LogP contribution >= 0.6 is 0 Å². The van der Waals surface area contributed by atoms with Crippen LogP contribution in [0.25, 0.3) is 0 Å². The molecule has 0 saturated heterocycles. The van der Waals surface area contributed by atoms with E-state index in [-0.39, 0.29) is 37.5 Å². The Hall–Kier alpha value is -2.89. The summed E-state index contributed by atoms with van der Waals surface area (Å²) in [7, 11) is 0. The number of ether oxygens (including phenoxy) is 3. The van der Waals surface area contributed by atoms with Crippen LogP contribution in [0.4, 0.5) is 0 Å². The maximum Gasteiger partial charge on any atom is 0.306 e. The zero-order chi connectivity index (χ0) is 52.9. The lowest BCUT2D eigenvalue weighted by Crippen LogP contribution is -2.30. The first kappa shape index (κ1) is 70.1. The van der Waals surface area contributed by atoms with Gasteiger partial charge in [-0.2, -0.15) is 0 Å². The van der Waals surface area contributed by atoms with Crippen molar-refractivity contribution in [2.45, 2.75) is 335 Å². The number of allylic oxidation sites excluding steroid dienone is 10. The fraction of sp³-hybridized carbons (Fsp3) is 0.806. The van der Waals surface area contributed by atoms with Crippen molar-refractivity contribution in [2.75, 3.05) is 13.2 Å². The predicted octanol–water partition coefficient (Wildman–Crippen LogP) is 21.6. The van der Waals surface area contributed by atoms with Crippen LogP contribution in [0.15, 0.2) is 60.8 Å². The molecule has 0 spiro atoms. The lowest BCUT2D eigenvalue weighted by Gasteiger charge is -2.18. The van der Waals surface area contributed by atoms with Gasteiger partial charge >= 0.3 is 17.9 Å². The van der Waals surface area contributed by atoms with Gasteiger partial charge in [0.15, 0.2) is 6.10 Å². The fourth-order valence-electron chi connectivity index (χ4n) is 9.31. The molecular weight excluding hydrogens is 901 g/mol. The van der Waals surface area contributed by atoms with Gasteiger partial charge in [0.1, 0.15) is 13.2 Å². The molecule has 424 valence electrons. The highest BCUT2D eigenvalue weighted by Gasteiger charge is 2.19. The highest BCUT2D eigenvalue weighted by molar-refractivity contribution is 5.71. The van der Waals surface area contributed by atoms with Crippen molar-refractivity contribution in [3.8, 4) is 0 Å². The molecule has 0 aliphatic rings. The van der Waals surface area contributed by atoms with Crippen LogP contribution in [-0.4, -0.2) is 37.2 Å². The fourth-order valence-corrected chi connectivity index (χ4v) is 9.31. The molecule has 0 amide bonds. The topological polar surface area (TPSA) is 78.9 Å². The van der Waals surface area contributed by atoms with Gasteiger partial charge in [-0.05, 0) is 57.8 Å². The minimum atomic E-state index is -0.799. The van der Waals surface area contributed by atoms with E-state index < -0.39 is 6.10 Å². The van der Waals surface area contributed by atoms with E-state index in [4.69, 9.17) is 14.2 Å². The standard InChI is InChI=1S/C67H120O6/c1-4-7-10-13-16-18-20-22-24-26-27-28-29-30-31-32-33-34-35-36-37-38-39-40-42-43-45-47-49-51-54-57-60-66(69)72-63-64(62-71-65(68)59-56-53-15-12-9-6-3)73-67(70)61-58-55-52-50-48-46-44-41-25-23-21-19-17-14-11-8-5-2/h8,11,17,19,23,25,44,46,50,52,64H,4-7,9-10,12-16,18,20-22,24,26-43,45,47-49,51,53-63H2,1-3H3/b11-8-,19-17-,25-23-,46-44-,52-50-. The average Bonchev–Trinajstić information content (AvgIpc) is 3.39. The molecule has 0 aromatic heterocycles. The molecule has 0 rings (SSSR count). The summed E-state index contributed by atoms with van der Waals surface area (Å²) in [6, 6.07) is 0. The molecule has 6 heteroatoms. The lowest BCUT2D eigenvalue weighted by molar-refractivity contribution is -0.167. The molecule has 0 radical (unpaired) electrons. The van der Waals surface area contributed by atoms with Gasteiger partial charge in [0.05, 0.1) is 0 Å². The summed E-state index contributed by atoms with van der Waals surface area (Å²) in [5.41, 5.74) is 0. The van der Waals surface area contributed by atoms with Crippen LogP contribution in [0.1, 0.15) is 329 Å². The zero-order valence-corrected chi connectivity index (χ0v) is 48.7. The quantitative estimate of drug-likeness (QED) is 0.0261. The van der Waals surface area contributed by atoms with Gasteiger partial charge in [-0.1, -0.05) is 313 Å². The second kappa shape index (κ2) is 61.7. The summed E-state index contributed by atoms with van der Waals surface area (Å²) in [5, 5.41) is 0. The number of hydrogen-bond acceptors (Lipinski definition) is 6. The molecule has 0 bridgehead atoms. The number of unbranched alkanes of at least 4 members (excludes halogenated alkanes) is 37. The first-order chi connectivity index (χ1) is 36.0. The van der Waals surface area contributed by atoms with Crippen LogP contribution < -0.4 is 0 Å². The largest absolute Gasteiger partial charge is 0.462 e. The Morgan fingerprint density at radius 1 is 0.288 bits per heavy atom. The van der Waals surface area contributed by atoms with Gasteiger partial charge in [0.25, 0.3) is 0 Å². The monoisotopic (exact) mass is 1020 g/mol. The van der Waals surface area contributed by atoms with E-state index in [0.29, 0.717) is 19.3 Å². The van der Waals surface area contributed by atoms with Crippen molar-refractivity contribution in [1.82, 2.24) is 0 Å². The molecule has 0 heterocycles. The van der Waals surface area contributed by atoms with Crippen molar-refractivity contribution in [2.24, 2.45) is 0 Å². The van der Waals surface area contributed by atoms with Crippen molar-refractivity contribution in [3.63, 3.8) is 0 Å². The van der Waals surface area contributed by atoms with E-state index in [1.165, 1.54) is 205 Å². The maximum atomic E-state index is 12.8. The van der Waals surface area contributed by atoms with E-state index in [1.54, 1.807) is 0 Å². The predicted molar refractivity (Wildman–Crippen MR) is 316 cm³/mol. The van der Waals surface area contributed by atoms with Gasteiger partial charge in [-0.25, -0.2) is 0 Å². The molecule has 73 heavy (non-hydrogen) atoms. The second-order valence-electron chi connectivity index (χ2n) is 21.3. The Kier molecular flexibility index (Phi) is 59.2. The number of hydrogen-bond donors (Lipinski definition) is 0. The summed E-state index contributed by atoms with van der Waals surface area (Å²) < 4.78 is 16.7. The summed E-state index contributed by atoms with van der Waals surface area (Å²) in [6.07, 6.45) is 78.7. The lowest BCUT2D eigenvalue weighted by atomic mass is 10.0. The van der Waals surface area contributed by atoms with Crippen molar-refractivity contribution >= 4 is 17.9 Å². The summed E-state index contributed by atoms with van der Waals surface area (Å²) in [4.78, 5) is 37.9. The Morgan fingerprint density at radius 3 is 0.822 bits per heavy atom. The molecule has 0 N–H and O–H groups in total. The summed E-state index contributed by atoms with van der Waals surface area (Å²) >= 11 is 0. The third kappa shape index (κ3) is 59.9. The third-order valence-corrected chi connectivity index (χ3v) is 14.0. The summed E-state index contributed by atoms with van der Waals surface area (Å²) in [5.74, 6) is -0.951. The second-order valence-corrected chi connectivity index (χ2v) is 21.3. The van der Waals surface area contributed by atoms with Crippen LogP contribution in [0.3, 0.4) is 0 Å². The maximum absolute atomic E-state index is 12.8. The highest BCUT2D eigenvalue weighted by atomic mass is 16.6. The van der Waals surface area contributed by atoms with Crippen LogP contribution in [0, 0.1) is 0 Å². The molecule has 0 aromatic carbocycles. The number of carbonyl (C=O) groups is 3. The third-order valence-electron chi connectivity index (χ3n) is 14.0. The van der Waals surface area contributed by atoms with Crippen LogP contribution in [0.2, 0.25) is 0 Å². The molecule has 1 atom stereocenters. The molecular formula is C67H120O6. The Labute approximate surface area is 453 Å². The minimum Gasteiger partial charge on any atom is -0.462 e. The first-order valence-corrected chi connectivity index (χ1v) is 31.8. The van der Waals surface area contributed by atoms with Gasteiger partial charge in [0.2, 0.25) is 0 Å². The van der Waals surface area contributed by atoms with Gasteiger partial charge < -0.3 is 14.2 Å². The zero-order valence-electron chi connectivity index (χ0n) is 48.7. The van der Waals surface area contributed by atoms with E-state index in [0.717, 1.165) is 77.0 Å². The van der Waals surface area contributed by atoms with Crippen LogP contribution in [-0.2, 0) is 28.6 Å². The van der Waals surface area contributed by atoms with Gasteiger partial charge in [-0.15, -0.1) is 0 Å². The highest BCUT2D eigenvalue weighted by Crippen LogP contribution is 2.18. The molecule has 0 aliphatic carbocycles. The average molecular weight is 1020 g/mol. The molecule has 0 aromatic rings. The van der Waals surface area contributed by atoms with Crippen LogP contribution in [0.5, 0.6) is 0 Å². The normalized spacial score (nSPS) is 12.4. The van der Waals surface area contributed by atoms with Gasteiger partial charge in [-0.3, -0.25) is 14.4 Å². The van der Waals surface area contributed by atoms with Gasteiger partial charge in [0, 0.05) is 19.3 Å². The van der Waals surface area contributed by atoms with E-state index in [1.807, 2.05) is 0 Å². The van der Waals surface area contributed by atoms with Crippen molar-refractivity contribution < 1.29 is 28.6 Å². The molecule has 1 unspecified atom stereocenters. The van der Waals surface area contributed by atoms with E-state index >= 15 is 0 Å². The number of carbonyl (C=O) groups excluding carboxylic acids is 3. The van der Waals surface area contributed by atoms with E-state index in [2.05, 4.69) is 81.5 Å². The first-order valence-electron chi connectivity index (χ1n) is 31.8. The Bertz CT molecular complexity index is 1310. The molecule has 0 aliphatic heterocycles. The van der Waals surface area contributed by atoms with Crippen molar-refractivity contribution in [1.29, 1.82) is 0 Å². The van der Waals surface area contributed by atoms with E-state index in [9.17, 15) is 14.4 Å². The molecule has 0 saturated carbocycles. The molecule has 6 nitrogen and oxygen atoms in total. The SMILES string of the molecule is CC/C=C\C/C=C\C/C=C\C/C=C\C/C=C\CCCC(=O)OC(COC(=O)CCCCCCCC)COC(=O)CCCCCCCCCCCCCCCCCCCCCCCCCCCCCCCCCC. The Balaban J connectivity index is 3.99. The molecule has 0 fully saturated rings. The summed E-state index contributed by atoms with van der Waals surface area (Å²) in [6.45, 7) is 6.45. The minimum absolute atomic E-state index is 0.0940. The number of rotatable bonds is 58. The number of esters is 3. The smallest absolute Gasteiger partial charge is 0.306 e. The Morgan fingerprint density at radius 2 is 0.534 bits per heavy atom.